The number of halogens is 3. The van der Waals surface area contributed by atoms with E-state index in [1.54, 1.807) is 6.07 Å². The van der Waals surface area contributed by atoms with Crippen molar-refractivity contribution in [3.63, 3.8) is 0 Å². The summed E-state index contributed by atoms with van der Waals surface area (Å²) in [6.45, 7) is 5.31. The molecule has 0 unspecified atom stereocenters. The zero-order valence-corrected chi connectivity index (χ0v) is 15.7. The van der Waals surface area contributed by atoms with E-state index >= 15 is 0 Å². The van der Waals surface area contributed by atoms with Crippen LogP contribution in [-0.2, 0) is 9.59 Å². The molecule has 0 saturated carbocycles. The molecular weight excluding hydrogens is 373 g/mol. The number of anilines is 1. The van der Waals surface area contributed by atoms with Crippen LogP contribution in [0.2, 0.25) is 0 Å². The fourth-order valence-electron chi connectivity index (χ4n) is 2.58. The van der Waals surface area contributed by atoms with Crippen LogP contribution in [0.5, 0.6) is 5.75 Å². The van der Waals surface area contributed by atoms with Crippen LogP contribution in [0.4, 0.5) is 18.9 Å². The van der Waals surface area contributed by atoms with Crippen molar-refractivity contribution in [2.45, 2.75) is 26.7 Å². The lowest BCUT2D eigenvalue weighted by atomic mass is 9.98. The molecule has 0 heterocycles. The molecule has 0 fully saturated rings. The van der Waals surface area contributed by atoms with Crippen LogP contribution in [-0.4, -0.2) is 25.0 Å². The van der Waals surface area contributed by atoms with E-state index in [0.717, 1.165) is 11.6 Å². The number of nitrogens with one attached hydrogen (secondary N) is 2. The van der Waals surface area contributed by atoms with Crippen molar-refractivity contribution < 1.29 is 27.5 Å². The second kappa shape index (κ2) is 9.25. The van der Waals surface area contributed by atoms with Gasteiger partial charge in [-0.3, -0.25) is 9.59 Å². The molecule has 150 valence electrons. The van der Waals surface area contributed by atoms with E-state index in [1.165, 1.54) is 5.56 Å². The van der Waals surface area contributed by atoms with Gasteiger partial charge in [-0.1, -0.05) is 19.9 Å². The van der Waals surface area contributed by atoms with E-state index < -0.39 is 41.5 Å². The number of rotatable bonds is 7. The first-order valence-electron chi connectivity index (χ1n) is 8.62. The molecular formula is C20H21F3N2O3. The van der Waals surface area contributed by atoms with Crippen LogP contribution in [0, 0.1) is 24.4 Å². The molecule has 2 rings (SSSR count). The predicted molar refractivity (Wildman–Crippen MR) is 98.7 cm³/mol. The van der Waals surface area contributed by atoms with Gasteiger partial charge >= 0.3 is 0 Å². The van der Waals surface area contributed by atoms with E-state index in [1.807, 2.05) is 19.1 Å². The van der Waals surface area contributed by atoms with Crippen molar-refractivity contribution in [3.05, 3.63) is 58.9 Å². The molecule has 0 bridgehead atoms. The number of hydrogen-bond acceptors (Lipinski definition) is 3. The SMILES string of the molecule is Cc1cc(OCC(=O)NCC(=O)Nc2ccc(F)c(F)c2F)ccc1C(C)C. The second-order valence-electron chi connectivity index (χ2n) is 6.51. The summed E-state index contributed by atoms with van der Waals surface area (Å²) < 4.78 is 44.9. The summed E-state index contributed by atoms with van der Waals surface area (Å²) in [5.74, 6) is -5.03. The zero-order valence-electron chi connectivity index (χ0n) is 15.7. The minimum atomic E-state index is -1.69. The van der Waals surface area contributed by atoms with E-state index in [4.69, 9.17) is 4.74 Å². The largest absolute Gasteiger partial charge is 0.484 e. The summed E-state index contributed by atoms with van der Waals surface area (Å²) in [4.78, 5) is 23.5. The van der Waals surface area contributed by atoms with Gasteiger partial charge in [0.1, 0.15) is 5.75 Å². The normalized spacial score (nSPS) is 10.7. The van der Waals surface area contributed by atoms with E-state index in [9.17, 15) is 22.8 Å². The summed E-state index contributed by atoms with van der Waals surface area (Å²) in [5.41, 5.74) is 1.70. The molecule has 0 atom stereocenters. The molecule has 2 aromatic rings. The van der Waals surface area contributed by atoms with Crippen LogP contribution in [0.25, 0.3) is 0 Å². The van der Waals surface area contributed by atoms with Crippen molar-refractivity contribution in [3.8, 4) is 5.75 Å². The van der Waals surface area contributed by atoms with Gasteiger partial charge in [-0.05, 0) is 48.2 Å². The van der Waals surface area contributed by atoms with Gasteiger partial charge in [0.2, 0.25) is 5.91 Å². The number of ether oxygens (including phenoxy) is 1. The number of hydrogen-bond donors (Lipinski definition) is 2. The zero-order chi connectivity index (χ0) is 20.8. The standard InChI is InChI=1S/C20H21F3N2O3/c1-11(2)14-5-4-13(8-12(14)3)28-10-18(27)24-9-17(26)25-16-7-6-15(21)19(22)20(16)23/h4-8,11H,9-10H2,1-3H3,(H,24,27)(H,25,26). The molecule has 2 N–H and O–H groups in total. The quantitative estimate of drug-likeness (QED) is 0.704. The number of aryl methyl sites for hydroxylation is 1. The van der Waals surface area contributed by atoms with Gasteiger partial charge in [0.25, 0.3) is 5.91 Å². The summed E-state index contributed by atoms with van der Waals surface area (Å²) >= 11 is 0. The molecule has 0 radical (unpaired) electrons. The van der Waals surface area contributed by atoms with Crippen LogP contribution in [0.3, 0.4) is 0 Å². The molecule has 0 saturated heterocycles. The third-order valence-corrected chi connectivity index (χ3v) is 3.99. The van der Waals surface area contributed by atoms with E-state index in [0.29, 0.717) is 17.7 Å². The van der Waals surface area contributed by atoms with E-state index in [-0.39, 0.29) is 6.61 Å². The average molecular weight is 394 g/mol. The fourth-order valence-corrected chi connectivity index (χ4v) is 2.58. The van der Waals surface area contributed by atoms with Crippen LogP contribution in [0.15, 0.2) is 30.3 Å². The van der Waals surface area contributed by atoms with Crippen LogP contribution >= 0.6 is 0 Å². The Bertz CT molecular complexity index is 885. The Labute approximate surface area is 160 Å². The topological polar surface area (TPSA) is 67.4 Å². The molecule has 0 aliphatic heterocycles. The van der Waals surface area contributed by atoms with Gasteiger partial charge in [0.15, 0.2) is 24.1 Å². The molecule has 2 aromatic carbocycles. The van der Waals surface area contributed by atoms with Crippen molar-refractivity contribution in [1.29, 1.82) is 0 Å². The Morgan fingerprint density at radius 2 is 1.75 bits per heavy atom. The molecule has 2 amide bonds. The van der Waals surface area contributed by atoms with Gasteiger partial charge in [0, 0.05) is 0 Å². The average Bonchev–Trinajstić information content (AvgIpc) is 2.65. The number of amides is 2. The Balaban J connectivity index is 1.82. The third kappa shape index (κ3) is 5.48. The number of carbonyl (C=O) groups is 2. The van der Waals surface area contributed by atoms with Gasteiger partial charge < -0.3 is 15.4 Å². The van der Waals surface area contributed by atoms with Crippen molar-refractivity contribution in [1.82, 2.24) is 5.32 Å². The van der Waals surface area contributed by atoms with Crippen molar-refractivity contribution >= 4 is 17.5 Å². The van der Waals surface area contributed by atoms with Crippen molar-refractivity contribution in [2.75, 3.05) is 18.5 Å². The summed E-state index contributed by atoms with van der Waals surface area (Å²) in [7, 11) is 0. The maximum atomic E-state index is 13.5. The number of carbonyl (C=O) groups excluding carboxylic acids is 2. The van der Waals surface area contributed by atoms with Gasteiger partial charge in [-0.2, -0.15) is 0 Å². The molecule has 28 heavy (non-hydrogen) atoms. The number of benzene rings is 2. The molecule has 0 aliphatic rings. The van der Waals surface area contributed by atoms with Gasteiger partial charge in [0.05, 0.1) is 12.2 Å². The lowest BCUT2D eigenvalue weighted by molar-refractivity contribution is -0.125. The molecule has 0 aliphatic carbocycles. The fraction of sp³-hybridized carbons (Fsp3) is 0.300. The highest BCUT2D eigenvalue weighted by atomic mass is 19.2. The van der Waals surface area contributed by atoms with E-state index in [2.05, 4.69) is 24.5 Å². The Morgan fingerprint density at radius 1 is 1.04 bits per heavy atom. The first-order valence-corrected chi connectivity index (χ1v) is 8.62. The highest BCUT2D eigenvalue weighted by Gasteiger charge is 2.15. The van der Waals surface area contributed by atoms with Crippen LogP contribution < -0.4 is 15.4 Å². The van der Waals surface area contributed by atoms with Gasteiger partial charge in [-0.15, -0.1) is 0 Å². The smallest absolute Gasteiger partial charge is 0.258 e. The minimum absolute atomic E-state index is 0.312. The Kier molecular flexibility index (Phi) is 7.03. The second-order valence-corrected chi connectivity index (χ2v) is 6.51. The summed E-state index contributed by atoms with van der Waals surface area (Å²) in [5, 5.41) is 4.35. The van der Waals surface area contributed by atoms with Crippen molar-refractivity contribution in [2.24, 2.45) is 0 Å². The lowest BCUT2D eigenvalue weighted by Gasteiger charge is -2.12. The minimum Gasteiger partial charge on any atom is -0.484 e. The maximum Gasteiger partial charge on any atom is 0.258 e. The summed E-state index contributed by atoms with van der Waals surface area (Å²) in [6.07, 6.45) is 0. The maximum absolute atomic E-state index is 13.5. The first kappa shape index (κ1) is 21.3. The van der Waals surface area contributed by atoms with Crippen LogP contribution in [0.1, 0.15) is 30.9 Å². The predicted octanol–water partition coefficient (Wildman–Crippen LogP) is 3.67. The molecule has 0 spiro atoms. The Morgan fingerprint density at radius 3 is 2.39 bits per heavy atom. The highest BCUT2D eigenvalue weighted by molar-refractivity contribution is 5.94. The Hall–Kier alpha value is -3.03. The molecule has 8 heteroatoms. The molecule has 5 nitrogen and oxygen atoms in total. The first-order chi connectivity index (χ1) is 13.2. The molecule has 0 aromatic heterocycles. The summed E-state index contributed by atoms with van der Waals surface area (Å²) in [6, 6.07) is 7.08. The van der Waals surface area contributed by atoms with Gasteiger partial charge in [-0.25, -0.2) is 13.2 Å². The highest BCUT2D eigenvalue weighted by Crippen LogP contribution is 2.23. The monoisotopic (exact) mass is 394 g/mol. The third-order valence-electron chi connectivity index (χ3n) is 3.99. The lowest BCUT2D eigenvalue weighted by Crippen LogP contribution is -2.36.